The smallest absolute Gasteiger partial charge is 0.0727 e. The lowest BCUT2D eigenvalue weighted by molar-refractivity contribution is 1.36. The topological polar surface area (TPSA) is 4.41 Å². The lowest BCUT2D eigenvalue weighted by Gasteiger charge is -2.12. The van der Waals surface area contributed by atoms with E-state index in [1.165, 1.54) is 59.3 Å². The summed E-state index contributed by atoms with van der Waals surface area (Å²) in [5.74, 6) is 0. The van der Waals surface area contributed by atoms with Gasteiger partial charge >= 0.3 is 0 Å². The molecule has 0 N–H and O–H groups in total. The average Bonchev–Trinajstić information content (AvgIpc) is 3.18. The maximum Gasteiger partial charge on any atom is 0.0727 e. The van der Waals surface area contributed by atoms with E-state index in [0.29, 0.717) is 0 Å². The van der Waals surface area contributed by atoms with Crippen LogP contribution in [0.4, 0.5) is 0 Å². The van der Waals surface area contributed by atoms with Crippen molar-refractivity contribution in [2.24, 2.45) is 0 Å². The van der Waals surface area contributed by atoms with Crippen LogP contribution in [0, 0.1) is 13.8 Å². The molecule has 0 spiro atoms. The first-order valence-corrected chi connectivity index (χ1v) is 9.17. The van der Waals surface area contributed by atoms with Gasteiger partial charge in [-0.3, -0.25) is 0 Å². The van der Waals surface area contributed by atoms with Crippen molar-refractivity contribution in [3.05, 3.63) is 65.0 Å². The molecule has 114 valence electrons. The molecular weight excluding hydrogens is 310 g/mol. The van der Waals surface area contributed by atoms with E-state index in [9.17, 15) is 0 Å². The summed E-state index contributed by atoms with van der Waals surface area (Å²) in [6.07, 6.45) is 0. The zero-order valence-electron chi connectivity index (χ0n) is 13.6. The first-order chi connectivity index (χ1) is 11.7. The molecule has 0 amide bonds. The van der Waals surface area contributed by atoms with Crippen LogP contribution in [0.3, 0.4) is 0 Å². The summed E-state index contributed by atoms with van der Waals surface area (Å²) in [5.41, 5.74) is 6.66. The van der Waals surface area contributed by atoms with E-state index in [0.717, 1.165) is 0 Å². The van der Waals surface area contributed by atoms with Crippen molar-refractivity contribution in [2.45, 2.75) is 13.8 Å². The molecule has 0 radical (unpaired) electrons. The quantitative estimate of drug-likeness (QED) is 0.275. The van der Waals surface area contributed by atoms with E-state index in [1.54, 1.807) is 0 Å². The predicted octanol–water partition coefficient (Wildman–Crippen LogP) is 6.67. The van der Waals surface area contributed by atoms with Crippen LogP contribution in [0.5, 0.6) is 0 Å². The van der Waals surface area contributed by atoms with Crippen LogP contribution < -0.4 is 0 Å². The molecule has 0 unspecified atom stereocenters. The highest BCUT2D eigenvalue weighted by Crippen LogP contribution is 2.43. The van der Waals surface area contributed by atoms with Crippen LogP contribution in [0.15, 0.2) is 53.9 Å². The SMILES string of the molecule is Cc1ccc2c(c1)c1csc3c4cc(C)ccc4c4ccc2n4c13. The average molecular weight is 325 g/mol. The number of nitrogens with zero attached hydrogens (tertiary/aromatic N) is 1. The van der Waals surface area contributed by atoms with E-state index in [2.05, 4.69) is 72.2 Å². The molecule has 6 aromatic rings. The molecule has 2 aromatic carbocycles. The third-order valence-electron chi connectivity index (χ3n) is 5.31. The lowest BCUT2D eigenvalue weighted by Crippen LogP contribution is -1.92. The number of hydrogen-bond donors (Lipinski definition) is 0. The van der Waals surface area contributed by atoms with E-state index in [4.69, 9.17) is 0 Å². The number of aromatic nitrogens is 1. The van der Waals surface area contributed by atoms with Gasteiger partial charge in [-0.2, -0.15) is 0 Å². The van der Waals surface area contributed by atoms with E-state index < -0.39 is 0 Å². The van der Waals surface area contributed by atoms with Gasteiger partial charge in [-0.15, -0.1) is 11.3 Å². The summed E-state index contributed by atoms with van der Waals surface area (Å²) in [5, 5.41) is 9.18. The van der Waals surface area contributed by atoms with E-state index >= 15 is 0 Å². The van der Waals surface area contributed by atoms with E-state index in [1.807, 2.05) is 11.3 Å². The maximum absolute atomic E-state index is 2.47. The Hall–Kier alpha value is -2.58. The monoisotopic (exact) mass is 325 g/mol. The molecule has 0 aliphatic rings. The highest BCUT2D eigenvalue weighted by atomic mass is 32.1. The third-order valence-corrected chi connectivity index (χ3v) is 6.31. The number of thiophene rings is 1. The van der Waals surface area contributed by atoms with Gasteiger partial charge in [0.05, 0.1) is 21.3 Å². The van der Waals surface area contributed by atoms with Crippen LogP contribution in [0.1, 0.15) is 11.1 Å². The van der Waals surface area contributed by atoms with Crippen molar-refractivity contribution in [3.8, 4) is 0 Å². The van der Waals surface area contributed by atoms with Crippen LogP contribution >= 0.6 is 11.3 Å². The summed E-state index contributed by atoms with van der Waals surface area (Å²) in [6.45, 7) is 4.36. The Kier molecular flexibility index (Phi) is 2.18. The molecular formula is C22H15NS. The van der Waals surface area contributed by atoms with Crippen molar-refractivity contribution in [2.75, 3.05) is 0 Å². The fraction of sp³-hybridized carbons (Fsp3) is 0.0909. The zero-order valence-corrected chi connectivity index (χ0v) is 14.4. The molecule has 6 rings (SSSR count). The highest BCUT2D eigenvalue weighted by Gasteiger charge is 2.18. The minimum absolute atomic E-state index is 1.32. The Morgan fingerprint density at radius 3 is 2.00 bits per heavy atom. The van der Waals surface area contributed by atoms with Crippen molar-refractivity contribution in [1.29, 1.82) is 0 Å². The van der Waals surface area contributed by atoms with Gasteiger partial charge in [-0.1, -0.05) is 41.5 Å². The fourth-order valence-electron chi connectivity index (χ4n) is 4.23. The summed E-state index contributed by atoms with van der Waals surface area (Å²) >= 11 is 1.88. The molecule has 0 bridgehead atoms. The molecule has 0 saturated heterocycles. The van der Waals surface area contributed by atoms with Crippen molar-refractivity contribution in [1.82, 2.24) is 4.40 Å². The minimum Gasteiger partial charge on any atom is -0.307 e. The normalized spacial score (nSPS) is 12.6. The van der Waals surface area contributed by atoms with Gasteiger partial charge in [-0.05, 0) is 37.4 Å². The van der Waals surface area contributed by atoms with Crippen LogP contribution in [0.25, 0.3) is 48.2 Å². The number of hydrogen-bond acceptors (Lipinski definition) is 1. The van der Waals surface area contributed by atoms with Gasteiger partial charge in [0.15, 0.2) is 0 Å². The number of pyridine rings is 2. The second-order valence-electron chi connectivity index (χ2n) is 6.86. The predicted molar refractivity (Wildman–Crippen MR) is 106 cm³/mol. The van der Waals surface area contributed by atoms with Crippen LogP contribution in [-0.4, -0.2) is 4.40 Å². The number of rotatable bonds is 0. The highest BCUT2D eigenvalue weighted by molar-refractivity contribution is 7.19. The number of fused-ring (bicyclic) bond motifs is 6. The van der Waals surface area contributed by atoms with E-state index in [-0.39, 0.29) is 0 Å². The van der Waals surface area contributed by atoms with Gasteiger partial charge in [0.2, 0.25) is 0 Å². The van der Waals surface area contributed by atoms with Gasteiger partial charge in [0, 0.05) is 26.9 Å². The molecule has 4 heterocycles. The molecule has 0 fully saturated rings. The minimum atomic E-state index is 1.32. The fourth-order valence-corrected chi connectivity index (χ4v) is 5.31. The molecule has 2 heteroatoms. The lowest BCUT2D eigenvalue weighted by atomic mass is 10.0. The molecule has 0 aliphatic heterocycles. The number of aryl methyl sites for hydroxylation is 2. The van der Waals surface area contributed by atoms with Crippen LogP contribution in [-0.2, 0) is 0 Å². The largest absolute Gasteiger partial charge is 0.307 e. The Morgan fingerprint density at radius 2 is 1.29 bits per heavy atom. The first kappa shape index (κ1) is 12.8. The Balaban J connectivity index is 2.07. The Labute approximate surface area is 143 Å². The van der Waals surface area contributed by atoms with Gasteiger partial charge in [-0.25, -0.2) is 0 Å². The standard InChI is InChI=1S/C22H15NS/c1-12-3-5-14-16(9-12)18-11-24-22-17-10-13(2)4-6-15(17)20-8-7-19(14)23(20)21(18)22/h3-11H,1-2H3. The number of benzene rings is 2. The second kappa shape index (κ2) is 4.08. The van der Waals surface area contributed by atoms with Gasteiger partial charge in [0.25, 0.3) is 0 Å². The molecule has 1 nitrogen and oxygen atoms in total. The van der Waals surface area contributed by atoms with Crippen molar-refractivity contribution >= 4 is 59.5 Å². The van der Waals surface area contributed by atoms with Gasteiger partial charge in [0.1, 0.15) is 0 Å². The van der Waals surface area contributed by atoms with Crippen molar-refractivity contribution < 1.29 is 0 Å². The molecule has 0 saturated carbocycles. The summed E-state index contributed by atoms with van der Waals surface area (Å²) in [4.78, 5) is 0. The summed E-state index contributed by atoms with van der Waals surface area (Å²) < 4.78 is 3.87. The summed E-state index contributed by atoms with van der Waals surface area (Å²) in [6, 6.07) is 18.2. The van der Waals surface area contributed by atoms with Crippen molar-refractivity contribution in [3.63, 3.8) is 0 Å². The first-order valence-electron chi connectivity index (χ1n) is 8.29. The Bertz CT molecular complexity index is 1310. The second-order valence-corrected chi connectivity index (χ2v) is 7.74. The zero-order chi connectivity index (χ0) is 16.0. The van der Waals surface area contributed by atoms with Gasteiger partial charge < -0.3 is 4.40 Å². The van der Waals surface area contributed by atoms with Crippen LogP contribution in [0.2, 0.25) is 0 Å². The molecule has 0 atom stereocenters. The molecule has 0 aliphatic carbocycles. The molecule has 24 heavy (non-hydrogen) atoms. The maximum atomic E-state index is 2.47. The summed E-state index contributed by atoms with van der Waals surface area (Å²) in [7, 11) is 0. The molecule has 4 aromatic heterocycles. The Morgan fingerprint density at radius 1 is 0.667 bits per heavy atom. The third kappa shape index (κ3) is 1.37.